The lowest BCUT2D eigenvalue weighted by Crippen LogP contribution is -2.07. The number of hydrogen-bond acceptors (Lipinski definition) is 3. The number of nitrogens with one attached hydrogen (secondary N) is 1. The highest BCUT2D eigenvalue weighted by molar-refractivity contribution is 5.47. The van der Waals surface area contributed by atoms with Gasteiger partial charge in [-0.1, -0.05) is 0 Å². The van der Waals surface area contributed by atoms with Crippen molar-refractivity contribution in [3.63, 3.8) is 0 Å². The van der Waals surface area contributed by atoms with Crippen molar-refractivity contribution in [1.29, 1.82) is 0 Å². The molecular weight excluding hydrogens is 262 g/mol. The number of aryl methyl sites for hydroxylation is 1. The molecule has 0 aliphatic rings. The molecule has 0 spiro atoms. The molecule has 20 heavy (non-hydrogen) atoms. The molecule has 0 saturated carbocycles. The lowest BCUT2D eigenvalue weighted by Gasteiger charge is -2.13. The number of nitrogens with zero attached hydrogens (tertiary/aromatic N) is 1. The molecule has 1 heterocycles. The number of ether oxygens (including phenoxy) is 1. The van der Waals surface area contributed by atoms with E-state index in [4.69, 9.17) is 4.74 Å². The fourth-order valence-electron chi connectivity index (χ4n) is 2.06. The van der Waals surface area contributed by atoms with Crippen LogP contribution in [0.5, 0.6) is 5.75 Å². The second-order valence-electron chi connectivity index (χ2n) is 4.52. The zero-order chi connectivity index (χ0) is 14.7. The van der Waals surface area contributed by atoms with E-state index in [1.54, 1.807) is 13.3 Å². The van der Waals surface area contributed by atoms with E-state index in [9.17, 15) is 8.78 Å². The molecule has 0 bridgehead atoms. The SMILES string of the molecule is COc1c(C)cnc(CNc2cc(F)ccc2F)c1C. The standard InChI is InChI=1S/C15H16F2N2O/c1-9-7-18-14(10(2)15(9)20-3)8-19-13-6-11(16)4-5-12(13)17/h4-7,19H,8H2,1-3H3. The van der Waals surface area contributed by atoms with Crippen molar-refractivity contribution in [2.45, 2.75) is 20.4 Å². The molecule has 2 rings (SSSR count). The Morgan fingerprint density at radius 3 is 2.70 bits per heavy atom. The predicted octanol–water partition coefficient (Wildman–Crippen LogP) is 3.60. The van der Waals surface area contributed by atoms with Gasteiger partial charge in [-0.15, -0.1) is 0 Å². The summed E-state index contributed by atoms with van der Waals surface area (Å²) in [6.07, 6.45) is 1.70. The van der Waals surface area contributed by atoms with E-state index >= 15 is 0 Å². The zero-order valence-corrected chi connectivity index (χ0v) is 11.6. The van der Waals surface area contributed by atoms with E-state index in [2.05, 4.69) is 10.3 Å². The molecular formula is C15H16F2N2O. The van der Waals surface area contributed by atoms with Gasteiger partial charge in [-0.2, -0.15) is 0 Å². The average molecular weight is 278 g/mol. The summed E-state index contributed by atoms with van der Waals surface area (Å²) < 4.78 is 31.9. The van der Waals surface area contributed by atoms with Crippen LogP contribution in [0.2, 0.25) is 0 Å². The summed E-state index contributed by atoms with van der Waals surface area (Å²) in [5, 5.41) is 2.85. The maximum atomic E-state index is 13.5. The molecule has 1 aromatic heterocycles. The third-order valence-electron chi connectivity index (χ3n) is 3.12. The molecule has 0 unspecified atom stereocenters. The van der Waals surface area contributed by atoms with Crippen molar-refractivity contribution in [2.24, 2.45) is 0 Å². The first-order valence-electron chi connectivity index (χ1n) is 6.21. The van der Waals surface area contributed by atoms with E-state index in [0.29, 0.717) is 6.54 Å². The van der Waals surface area contributed by atoms with Gasteiger partial charge in [0.05, 0.1) is 25.0 Å². The van der Waals surface area contributed by atoms with Crippen LogP contribution in [-0.2, 0) is 6.54 Å². The second kappa shape index (κ2) is 5.86. The Bertz CT molecular complexity index is 630. The van der Waals surface area contributed by atoms with Crippen molar-refractivity contribution < 1.29 is 13.5 Å². The molecule has 1 aromatic carbocycles. The van der Waals surface area contributed by atoms with Crippen LogP contribution in [0, 0.1) is 25.5 Å². The topological polar surface area (TPSA) is 34.1 Å². The Balaban J connectivity index is 2.21. The normalized spacial score (nSPS) is 10.4. The molecule has 106 valence electrons. The summed E-state index contributed by atoms with van der Waals surface area (Å²) in [6, 6.07) is 3.29. The van der Waals surface area contributed by atoms with Gasteiger partial charge in [-0.3, -0.25) is 4.98 Å². The first-order valence-corrected chi connectivity index (χ1v) is 6.21. The number of hydrogen-bond donors (Lipinski definition) is 1. The van der Waals surface area contributed by atoms with Crippen LogP contribution in [0.1, 0.15) is 16.8 Å². The smallest absolute Gasteiger partial charge is 0.146 e. The van der Waals surface area contributed by atoms with Gasteiger partial charge in [0, 0.05) is 17.3 Å². The quantitative estimate of drug-likeness (QED) is 0.928. The molecule has 0 amide bonds. The van der Waals surface area contributed by atoms with Crippen LogP contribution in [0.3, 0.4) is 0 Å². The minimum atomic E-state index is -0.497. The van der Waals surface area contributed by atoms with Crippen LogP contribution in [0.15, 0.2) is 24.4 Å². The van der Waals surface area contributed by atoms with E-state index in [1.165, 1.54) is 0 Å². The first kappa shape index (κ1) is 14.2. The molecule has 0 atom stereocenters. The lowest BCUT2D eigenvalue weighted by atomic mass is 10.1. The summed E-state index contributed by atoms with van der Waals surface area (Å²) in [7, 11) is 1.60. The summed E-state index contributed by atoms with van der Waals surface area (Å²) in [5.74, 6) is -0.222. The van der Waals surface area contributed by atoms with Crippen LogP contribution < -0.4 is 10.1 Å². The number of methoxy groups -OCH3 is 1. The maximum absolute atomic E-state index is 13.5. The third-order valence-corrected chi connectivity index (χ3v) is 3.12. The van der Waals surface area contributed by atoms with Gasteiger partial charge in [0.2, 0.25) is 0 Å². The predicted molar refractivity (Wildman–Crippen MR) is 73.9 cm³/mol. The number of pyridine rings is 1. The van der Waals surface area contributed by atoms with Crippen LogP contribution >= 0.6 is 0 Å². The van der Waals surface area contributed by atoms with Gasteiger partial charge >= 0.3 is 0 Å². The Kier molecular flexibility index (Phi) is 4.17. The minimum Gasteiger partial charge on any atom is -0.496 e. The van der Waals surface area contributed by atoms with Crippen LogP contribution in [0.4, 0.5) is 14.5 Å². The van der Waals surface area contributed by atoms with Crippen molar-refractivity contribution in [1.82, 2.24) is 4.98 Å². The molecule has 1 N–H and O–H groups in total. The van der Waals surface area contributed by atoms with Crippen molar-refractivity contribution >= 4 is 5.69 Å². The molecule has 3 nitrogen and oxygen atoms in total. The summed E-state index contributed by atoms with van der Waals surface area (Å²) >= 11 is 0. The highest BCUT2D eigenvalue weighted by atomic mass is 19.1. The Labute approximate surface area is 116 Å². The number of anilines is 1. The molecule has 0 radical (unpaired) electrons. The van der Waals surface area contributed by atoms with Gasteiger partial charge < -0.3 is 10.1 Å². The second-order valence-corrected chi connectivity index (χ2v) is 4.52. The van der Waals surface area contributed by atoms with Gasteiger partial charge in [-0.05, 0) is 32.0 Å². The van der Waals surface area contributed by atoms with E-state index < -0.39 is 11.6 Å². The lowest BCUT2D eigenvalue weighted by molar-refractivity contribution is 0.407. The van der Waals surface area contributed by atoms with Crippen molar-refractivity contribution in [3.05, 3.63) is 52.9 Å². The molecule has 0 aliphatic carbocycles. The zero-order valence-electron chi connectivity index (χ0n) is 11.6. The average Bonchev–Trinajstić information content (AvgIpc) is 2.42. The third kappa shape index (κ3) is 2.87. The van der Waals surface area contributed by atoms with E-state index in [1.807, 2.05) is 13.8 Å². The summed E-state index contributed by atoms with van der Waals surface area (Å²) in [5.41, 5.74) is 2.67. The summed E-state index contributed by atoms with van der Waals surface area (Å²) in [4.78, 5) is 4.29. The molecule has 0 saturated heterocycles. The summed E-state index contributed by atoms with van der Waals surface area (Å²) in [6.45, 7) is 4.09. The number of rotatable bonds is 4. The number of benzene rings is 1. The first-order chi connectivity index (χ1) is 9.52. The van der Waals surface area contributed by atoms with Crippen molar-refractivity contribution in [3.8, 4) is 5.75 Å². The Hall–Kier alpha value is -2.17. The Morgan fingerprint density at radius 1 is 1.25 bits per heavy atom. The van der Waals surface area contributed by atoms with Gasteiger partial charge in [0.1, 0.15) is 17.4 Å². The molecule has 5 heteroatoms. The fraction of sp³-hybridized carbons (Fsp3) is 0.267. The van der Waals surface area contributed by atoms with Gasteiger partial charge in [0.15, 0.2) is 0 Å². The van der Waals surface area contributed by atoms with E-state index in [0.717, 1.165) is 40.8 Å². The van der Waals surface area contributed by atoms with Crippen LogP contribution in [0.25, 0.3) is 0 Å². The number of aromatic nitrogens is 1. The minimum absolute atomic E-state index is 0.116. The Morgan fingerprint density at radius 2 is 2.00 bits per heavy atom. The highest BCUT2D eigenvalue weighted by Gasteiger charge is 2.10. The van der Waals surface area contributed by atoms with Crippen LogP contribution in [-0.4, -0.2) is 12.1 Å². The molecule has 2 aromatic rings. The fourth-order valence-corrected chi connectivity index (χ4v) is 2.06. The monoisotopic (exact) mass is 278 g/mol. The highest BCUT2D eigenvalue weighted by Crippen LogP contribution is 2.25. The van der Waals surface area contributed by atoms with E-state index in [-0.39, 0.29) is 5.69 Å². The number of halogens is 2. The van der Waals surface area contributed by atoms with Crippen molar-refractivity contribution in [2.75, 3.05) is 12.4 Å². The maximum Gasteiger partial charge on any atom is 0.146 e. The largest absolute Gasteiger partial charge is 0.496 e. The molecule has 0 aliphatic heterocycles. The van der Waals surface area contributed by atoms with Gasteiger partial charge in [0.25, 0.3) is 0 Å². The van der Waals surface area contributed by atoms with Gasteiger partial charge in [-0.25, -0.2) is 8.78 Å². The molecule has 0 fully saturated rings.